The fourth-order valence-corrected chi connectivity index (χ4v) is 1.08. The quantitative estimate of drug-likeness (QED) is 0.498. The Morgan fingerprint density at radius 3 is 2.27 bits per heavy atom. The van der Waals surface area contributed by atoms with Crippen molar-refractivity contribution in [1.29, 1.82) is 0 Å². The van der Waals surface area contributed by atoms with E-state index in [0.717, 1.165) is 6.42 Å². The van der Waals surface area contributed by atoms with Gasteiger partial charge < -0.3 is 17.0 Å². The van der Waals surface area contributed by atoms with Crippen LogP contribution in [0.2, 0.25) is 0 Å². The Morgan fingerprint density at radius 1 is 1.27 bits per heavy atom. The maximum atomic E-state index is 3.55. The lowest BCUT2D eigenvalue weighted by Crippen LogP contribution is -3.00. The molecule has 0 radical (unpaired) electrons. The SMILES string of the molecule is CCC(Br)[n+]1ccccc1.[Br-]. The molecule has 11 heavy (non-hydrogen) atoms. The fraction of sp³-hybridized carbons (Fsp3) is 0.375. The van der Waals surface area contributed by atoms with Crippen LogP contribution in [0.4, 0.5) is 0 Å². The first-order chi connectivity index (χ1) is 4.84. The Kier molecular flexibility index (Phi) is 5.78. The van der Waals surface area contributed by atoms with Gasteiger partial charge in [-0.2, -0.15) is 4.57 Å². The van der Waals surface area contributed by atoms with E-state index in [1.54, 1.807) is 0 Å². The maximum absolute atomic E-state index is 3.55. The minimum atomic E-state index is 0. The molecule has 0 bridgehead atoms. The molecule has 3 heteroatoms. The smallest absolute Gasteiger partial charge is 0.211 e. The number of pyridine rings is 1. The van der Waals surface area contributed by atoms with Crippen LogP contribution in [0.3, 0.4) is 0 Å². The summed E-state index contributed by atoms with van der Waals surface area (Å²) in [6.07, 6.45) is 5.22. The maximum Gasteiger partial charge on any atom is 0.211 e. The average Bonchev–Trinajstić information content (AvgIpc) is 2.05. The van der Waals surface area contributed by atoms with Gasteiger partial charge in [0.2, 0.25) is 4.95 Å². The van der Waals surface area contributed by atoms with E-state index in [2.05, 4.69) is 39.8 Å². The van der Waals surface area contributed by atoms with Crippen molar-refractivity contribution in [3.8, 4) is 0 Å². The van der Waals surface area contributed by atoms with Crippen molar-refractivity contribution in [1.82, 2.24) is 0 Å². The molecule has 1 aromatic rings. The molecule has 0 aromatic carbocycles. The molecule has 1 unspecified atom stereocenters. The third kappa shape index (κ3) is 3.34. The minimum absolute atomic E-state index is 0. The molecule has 0 fully saturated rings. The molecule has 62 valence electrons. The fourth-order valence-electron chi connectivity index (χ4n) is 0.810. The van der Waals surface area contributed by atoms with Gasteiger partial charge in [-0.15, -0.1) is 0 Å². The molecular formula is C8H11Br2N. The van der Waals surface area contributed by atoms with Crippen LogP contribution in [-0.2, 0) is 0 Å². The van der Waals surface area contributed by atoms with Crippen molar-refractivity contribution in [2.45, 2.75) is 18.3 Å². The molecule has 0 aliphatic heterocycles. The van der Waals surface area contributed by atoms with Gasteiger partial charge >= 0.3 is 0 Å². The zero-order valence-corrected chi connectivity index (χ0v) is 9.55. The number of alkyl halides is 1. The normalized spacial score (nSPS) is 11.8. The second kappa shape index (κ2) is 5.72. The predicted molar refractivity (Wildman–Crippen MR) is 44.9 cm³/mol. The average molecular weight is 281 g/mol. The highest BCUT2D eigenvalue weighted by Crippen LogP contribution is 2.08. The van der Waals surface area contributed by atoms with Gasteiger partial charge in [-0.3, -0.25) is 0 Å². The molecule has 1 heterocycles. The molecule has 0 saturated carbocycles. The van der Waals surface area contributed by atoms with E-state index >= 15 is 0 Å². The number of halogens is 2. The molecule has 0 N–H and O–H groups in total. The van der Waals surface area contributed by atoms with Gasteiger partial charge in [0, 0.05) is 18.6 Å². The van der Waals surface area contributed by atoms with Crippen molar-refractivity contribution in [3.05, 3.63) is 30.6 Å². The predicted octanol–water partition coefficient (Wildman–Crippen LogP) is -0.718. The highest BCUT2D eigenvalue weighted by Gasteiger charge is 2.08. The molecule has 1 atom stereocenters. The van der Waals surface area contributed by atoms with Crippen LogP contribution in [-0.4, -0.2) is 0 Å². The third-order valence-corrected chi connectivity index (χ3v) is 2.52. The van der Waals surface area contributed by atoms with E-state index in [1.165, 1.54) is 0 Å². The van der Waals surface area contributed by atoms with Crippen molar-refractivity contribution in [2.24, 2.45) is 0 Å². The summed E-state index contributed by atoms with van der Waals surface area (Å²) in [6, 6.07) is 6.08. The van der Waals surface area contributed by atoms with E-state index in [4.69, 9.17) is 0 Å². The summed E-state index contributed by atoms with van der Waals surface area (Å²) >= 11 is 3.55. The van der Waals surface area contributed by atoms with Gasteiger partial charge in [-0.05, 0) is 15.9 Å². The van der Waals surface area contributed by atoms with Gasteiger partial charge in [-0.25, -0.2) is 0 Å². The number of hydrogen-bond acceptors (Lipinski definition) is 0. The molecule has 0 aliphatic rings. The van der Waals surface area contributed by atoms with Crippen LogP contribution in [0.5, 0.6) is 0 Å². The second-order valence-corrected chi connectivity index (χ2v) is 3.22. The summed E-state index contributed by atoms with van der Waals surface area (Å²) in [7, 11) is 0. The van der Waals surface area contributed by atoms with Crippen molar-refractivity contribution in [3.63, 3.8) is 0 Å². The lowest BCUT2D eigenvalue weighted by atomic mass is 10.4. The van der Waals surface area contributed by atoms with Crippen LogP contribution in [0.15, 0.2) is 30.6 Å². The minimum Gasteiger partial charge on any atom is -1.00 e. The van der Waals surface area contributed by atoms with Gasteiger partial charge in [0.1, 0.15) is 0 Å². The molecule has 0 saturated heterocycles. The van der Waals surface area contributed by atoms with Crippen LogP contribution in [0.1, 0.15) is 18.3 Å². The summed E-state index contributed by atoms with van der Waals surface area (Å²) < 4.78 is 2.14. The zero-order chi connectivity index (χ0) is 7.40. The second-order valence-electron chi connectivity index (χ2n) is 2.17. The Morgan fingerprint density at radius 2 is 1.82 bits per heavy atom. The van der Waals surface area contributed by atoms with Crippen molar-refractivity contribution < 1.29 is 21.5 Å². The molecule has 0 aliphatic carbocycles. The largest absolute Gasteiger partial charge is 1.00 e. The van der Waals surface area contributed by atoms with E-state index in [0.29, 0.717) is 4.95 Å². The summed E-state index contributed by atoms with van der Waals surface area (Å²) in [6.45, 7) is 2.15. The standard InChI is InChI=1S/C8H11BrN.BrH/c1-2-8(9)10-6-4-3-5-7-10;/h3-8H,2H2,1H3;1H/q+1;/p-1. The monoisotopic (exact) mass is 279 g/mol. The first kappa shape index (κ1) is 11.1. The van der Waals surface area contributed by atoms with Crippen molar-refractivity contribution in [2.75, 3.05) is 0 Å². The van der Waals surface area contributed by atoms with E-state index in [1.807, 2.05) is 18.2 Å². The molecule has 0 amide bonds. The van der Waals surface area contributed by atoms with Crippen LogP contribution in [0, 0.1) is 0 Å². The van der Waals surface area contributed by atoms with Gasteiger partial charge in [0.25, 0.3) is 0 Å². The van der Waals surface area contributed by atoms with Crippen molar-refractivity contribution >= 4 is 15.9 Å². The van der Waals surface area contributed by atoms with Gasteiger partial charge in [-0.1, -0.05) is 13.0 Å². The van der Waals surface area contributed by atoms with Crippen LogP contribution >= 0.6 is 15.9 Å². The first-order valence-corrected chi connectivity index (χ1v) is 4.36. The Hall–Kier alpha value is 0.110. The molecule has 1 nitrogen and oxygen atoms in total. The van der Waals surface area contributed by atoms with Crippen LogP contribution < -0.4 is 21.5 Å². The van der Waals surface area contributed by atoms with E-state index < -0.39 is 0 Å². The first-order valence-electron chi connectivity index (χ1n) is 3.44. The lowest BCUT2D eigenvalue weighted by molar-refractivity contribution is -0.697. The van der Waals surface area contributed by atoms with Gasteiger partial charge in [0.05, 0.1) is 0 Å². The highest BCUT2D eigenvalue weighted by atomic mass is 79.9. The molecular weight excluding hydrogens is 270 g/mol. The van der Waals surface area contributed by atoms with Crippen LogP contribution in [0.25, 0.3) is 0 Å². The molecule has 1 aromatic heterocycles. The van der Waals surface area contributed by atoms with E-state index in [-0.39, 0.29) is 17.0 Å². The van der Waals surface area contributed by atoms with E-state index in [9.17, 15) is 0 Å². The lowest BCUT2D eigenvalue weighted by Gasteiger charge is -1.99. The molecule has 1 rings (SSSR count). The summed E-state index contributed by atoms with van der Waals surface area (Å²) in [5.41, 5.74) is 0. The highest BCUT2D eigenvalue weighted by molar-refractivity contribution is 9.09. The summed E-state index contributed by atoms with van der Waals surface area (Å²) in [5, 5.41) is 0. The zero-order valence-electron chi connectivity index (χ0n) is 6.37. The summed E-state index contributed by atoms with van der Waals surface area (Å²) in [5.74, 6) is 0. The summed E-state index contributed by atoms with van der Waals surface area (Å²) in [4.78, 5) is 0.439. The number of nitrogens with zero attached hydrogens (tertiary/aromatic N) is 1. The number of hydrogen-bond donors (Lipinski definition) is 0. The Labute approximate surface area is 86.3 Å². The Balaban J connectivity index is 0.000001000. The number of aromatic nitrogens is 1. The number of rotatable bonds is 2. The third-order valence-electron chi connectivity index (χ3n) is 1.40. The topological polar surface area (TPSA) is 3.88 Å². The van der Waals surface area contributed by atoms with Gasteiger partial charge in [0.15, 0.2) is 12.4 Å². The Bertz CT molecular complexity index is 189. The molecule has 0 spiro atoms.